The van der Waals surface area contributed by atoms with Crippen molar-refractivity contribution < 1.29 is 9.21 Å². The fourth-order valence-corrected chi connectivity index (χ4v) is 4.18. The van der Waals surface area contributed by atoms with E-state index in [2.05, 4.69) is 9.97 Å². The number of nitrogens with zero attached hydrogens (tertiary/aromatic N) is 2. The van der Waals surface area contributed by atoms with Crippen molar-refractivity contribution in [3.63, 3.8) is 0 Å². The van der Waals surface area contributed by atoms with Gasteiger partial charge >= 0.3 is 5.69 Å². The summed E-state index contributed by atoms with van der Waals surface area (Å²) in [5, 5.41) is 0. The van der Waals surface area contributed by atoms with Gasteiger partial charge in [0.25, 0.3) is 5.91 Å². The third-order valence-electron chi connectivity index (χ3n) is 5.41. The number of aryl methyl sites for hydroxylation is 2. The summed E-state index contributed by atoms with van der Waals surface area (Å²) in [6, 6.07) is 1.84. The zero-order valence-electron chi connectivity index (χ0n) is 14.5. The maximum absolute atomic E-state index is 13.2. The van der Waals surface area contributed by atoms with E-state index in [1.165, 1.54) is 6.20 Å². The van der Waals surface area contributed by atoms with Crippen LogP contribution in [0.5, 0.6) is 0 Å². The standard InChI is InChI=1S/C19H23N3O3/c1-12-17(14-6-2-3-7-16(14)25-12)18(23)22-10-4-5-13(11-22)15-8-9-20-19(24)21-15/h8-9,13H,2-7,10-11H2,1H3,(H,20,21,24)/t13-/m0/s1. The summed E-state index contributed by atoms with van der Waals surface area (Å²) in [6.45, 7) is 3.27. The molecule has 1 saturated heterocycles. The minimum atomic E-state index is -0.333. The molecule has 6 heteroatoms. The number of likely N-dealkylation sites (tertiary alicyclic amines) is 1. The Morgan fingerprint density at radius 1 is 1.32 bits per heavy atom. The number of fused-ring (bicyclic) bond motifs is 1. The summed E-state index contributed by atoms with van der Waals surface area (Å²) in [5.41, 5.74) is 2.43. The largest absolute Gasteiger partial charge is 0.465 e. The molecule has 0 aromatic carbocycles. The second kappa shape index (κ2) is 6.50. The second-order valence-corrected chi connectivity index (χ2v) is 7.06. The van der Waals surface area contributed by atoms with Crippen molar-refractivity contribution in [3.05, 3.63) is 51.1 Å². The Hall–Kier alpha value is -2.37. The molecule has 0 radical (unpaired) electrons. The predicted molar refractivity (Wildman–Crippen MR) is 92.8 cm³/mol. The van der Waals surface area contributed by atoms with Gasteiger partial charge in [-0.25, -0.2) is 9.78 Å². The molecule has 4 rings (SSSR count). The first kappa shape index (κ1) is 16.1. The first-order valence-electron chi connectivity index (χ1n) is 9.09. The molecule has 1 fully saturated rings. The average Bonchev–Trinajstić information content (AvgIpc) is 2.97. The van der Waals surface area contributed by atoms with Gasteiger partial charge in [-0.15, -0.1) is 0 Å². The molecule has 1 N–H and O–H groups in total. The van der Waals surface area contributed by atoms with E-state index in [9.17, 15) is 9.59 Å². The van der Waals surface area contributed by atoms with Crippen LogP contribution in [0.4, 0.5) is 0 Å². The van der Waals surface area contributed by atoms with E-state index < -0.39 is 0 Å². The quantitative estimate of drug-likeness (QED) is 0.910. The number of carbonyl (C=O) groups is 1. The molecule has 0 spiro atoms. The number of aromatic amines is 1. The Morgan fingerprint density at radius 2 is 2.16 bits per heavy atom. The number of piperidine rings is 1. The SMILES string of the molecule is Cc1oc2c(c1C(=O)N1CCC[C@H](c3ccnc(=O)[nH]3)C1)CCCC2. The van der Waals surface area contributed by atoms with Gasteiger partial charge in [0.15, 0.2) is 0 Å². The van der Waals surface area contributed by atoms with Crippen LogP contribution in [0.3, 0.4) is 0 Å². The molecule has 2 aromatic heterocycles. The van der Waals surface area contributed by atoms with Gasteiger partial charge in [0, 0.05) is 42.9 Å². The van der Waals surface area contributed by atoms with E-state index in [0.29, 0.717) is 6.54 Å². The predicted octanol–water partition coefficient (Wildman–Crippen LogP) is 2.57. The number of carbonyl (C=O) groups excluding carboxylic acids is 1. The van der Waals surface area contributed by atoms with E-state index in [1.54, 1.807) is 0 Å². The van der Waals surface area contributed by atoms with Gasteiger partial charge in [-0.2, -0.15) is 0 Å². The fraction of sp³-hybridized carbons (Fsp3) is 0.526. The lowest BCUT2D eigenvalue weighted by Crippen LogP contribution is -2.40. The fourth-order valence-electron chi connectivity index (χ4n) is 4.18. The lowest BCUT2D eigenvalue weighted by Gasteiger charge is -2.33. The third kappa shape index (κ3) is 3.01. The first-order chi connectivity index (χ1) is 12.1. The molecule has 6 nitrogen and oxygen atoms in total. The smallest absolute Gasteiger partial charge is 0.345 e. The topological polar surface area (TPSA) is 79.2 Å². The van der Waals surface area contributed by atoms with Gasteiger partial charge < -0.3 is 14.3 Å². The maximum atomic E-state index is 13.2. The molecule has 1 aliphatic carbocycles. The monoisotopic (exact) mass is 341 g/mol. The molecular weight excluding hydrogens is 318 g/mol. The summed E-state index contributed by atoms with van der Waals surface area (Å²) in [4.78, 5) is 33.1. The number of amides is 1. The zero-order valence-corrected chi connectivity index (χ0v) is 14.5. The van der Waals surface area contributed by atoms with Gasteiger partial charge in [-0.1, -0.05) is 0 Å². The molecule has 0 unspecified atom stereocenters. The summed E-state index contributed by atoms with van der Waals surface area (Å²) in [7, 11) is 0. The minimum Gasteiger partial charge on any atom is -0.465 e. The molecular formula is C19H23N3O3. The van der Waals surface area contributed by atoms with E-state index >= 15 is 0 Å². The van der Waals surface area contributed by atoms with Gasteiger partial charge in [0.2, 0.25) is 0 Å². The van der Waals surface area contributed by atoms with Crippen molar-refractivity contribution in [3.8, 4) is 0 Å². The Kier molecular flexibility index (Phi) is 4.19. The molecule has 2 aromatic rings. The van der Waals surface area contributed by atoms with Crippen LogP contribution in [0.1, 0.15) is 64.7 Å². The van der Waals surface area contributed by atoms with Crippen LogP contribution in [0, 0.1) is 6.92 Å². The molecule has 1 aliphatic heterocycles. The third-order valence-corrected chi connectivity index (χ3v) is 5.41. The number of nitrogens with one attached hydrogen (secondary N) is 1. The molecule has 2 aliphatic rings. The van der Waals surface area contributed by atoms with E-state index in [1.807, 2.05) is 17.9 Å². The molecule has 1 atom stereocenters. The van der Waals surface area contributed by atoms with Crippen molar-refractivity contribution in [1.29, 1.82) is 0 Å². The second-order valence-electron chi connectivity index (χ2n) is 7.06. The van der Waals surface area contributed by atoms with Crippen LogP contribution < -0.4 is 5.69 Å². The van der Waals surface area contributed by atoms with E-state index in [0.717, 1.165) is 73.4 Å². The summed E-state index contributed by atoms with van der Waals surface area (Å²) < 4.78 is 5.87. The minimum absolute atomic E-state index is 0.0745. The van der Waals surface area contributed by atoms with Crippen molar-refractivity contribution in [1.82, 2.24) is 14.9 Å². The van der Waals surface area contributed by atoms with Crippen LogP contribution in [0.15, 0.2) is 21.5 Å². The number of furan rings is 1. The Labute approximate surface area is 146 Å². The zero-order chi connectivity index (χ0) is 17.4. The highest BCUT2D eigenvalue weighted by atomic mass is 16.3. The molecule has 0 bridgehead atoms. The summed E-state index contributed by atoms with van der Waals surface area (Å²) >= 11 is 0. The average molecular weight is 341 g/mol. The van der Waals surface area contributed by atoms with Gasteiger partial charge in [0.1, 0.15) is 11.5 Å². The maximum Gasteiger partial charge on any atom is 0.345 e. The van der Waals surface area contributed by atoms with Crippen molar-refractivity contribution in [2.75, 3.05) is 13.1 Å². The lowest BCUT2D eigenvalue weighted by molar-refractivity contribution is 0.0703. The number of rotatable bonds is 2. The van der Waals surface area contributed by atoms with Gasteiger partial charge in [-0.3, -0.25) is 4.79 Å². The van der Waals surface area contributed by atoms with Crippen LogP contribution in [-0.2, 0) is 12.8 Å². The van der Waals surface area contributed by atoms with E-state index in [4.69, 9.17) is 4.42 Å². The number of hydrogen-bond acceptors (Lipinski definition) is 4. The van der Waals surface area contributed by atoms with Crippen LogP contribution in [-0.4, -0.2) is 33.9 Å². The molecule has 25 heavy (non-hydrogen) atoms. The molecule has 132 valence electrons. The van der Waals surface area contributed by atoms with Crippen LogP contribution in [0.2, 0.25) is 0 Å². The highest BCUT2D eigenvalue weighted by molar-refractivity contribution is 5.97. The molecule has 1 amide bonds. The highest BCUT2D eigenvalue weighted by Crippen LogP contribution is 2.32. The summed E-state index contributed by atoms with van der Waals surface area (Å²) in [6.07, 6.45) is 7.55. The van der Waals surface area contributed by atoms with Gasteiger partial charge in [-0.05, 0) is 45.1 Å². The Morgan fingerprint density at radius 3 is 3.00 bits per heavy atom. The molecule has 0 saturated carbocycles. The van der Waals surface area contributed by atoms with E-state index in [-0.39, 0.29) is 17.5 Å². The first-order valence-corrected chi connectivity index (χ1v) is 9.09. The van der Waals surface area contributed by atoms with Crippen LogP contribution >= 0.6 is 0 Å². The number of aromatic nitrogens is 2. The van der Waals surface area contributed by atoms with Crippen LogP contribution in [0.25, 0.3) is 0 Å². The van der Waals surface area contributed by atoms with Crippen molar-refractivity contribution >= 4 is 5.91 Å². The summed E-state index contributed by atoms with van der Waals surface area (Å²) in [5.74, 6) is 1.97. The Balaban J connectivity index is 1.58. The van der Waals surface area contributed by atoms with Gasteiger partial charge in [0.05, 0.1) is 5.56 Å². The lowest BCUT2D eigenvalue weighted by atomic mass is 9.91. The molecule has 3 heterocycles. The highest BCUT2D eigenvalue weighted by Gasteiger charge is 2.31. The van der Waals surface area contributed by atoms with Crippen molar-refractivity contribution in [2.45, 2.75) is 51.4 Å². The van der Waals surface area contributed by atoms with Crippen molar-refractivity contribution in [2.24, 2.45) is 0 Å². The Bertz CT molecular complexity index is 852. The number of H-pyrrole nitrogens is 1. The normalized spacial score (nSPS) is 20.4. The number of hydrogen-bond donors (Lipinski definition) is 1.